The Labute approximate surface area is 381 Å². The van der Waals surface area contributed by atoms with Crippen molar-refractivity contribution >= 4 is 82.4 Å². The Morgan fingerprint density at radius 2 is 1.00 bits per heavy atom. The minimum Gasteiger partial charge on any atom is -0.455 e. The first-order valence-electron chi connectivity index (χ1n) is 23.9. The molecule has 13 aromatic rings. The molecule has 0 fully saturated rings. The number of para-hydroxylation sites is 2. The quantitative estimate of drug-likeness (QED) is 0.160. The first-order chi connectivity index (χ1) is 33.9. The van der Waals surface area contributed by atoms with Crippen molar-refractivity contribution in [2.75, 3.05) is 4.90 Å². The van der Waals surface area contributed by atoms with E-state index in [4.69, 9.17) is 4.42 Å². The molecule has 0 N–H and O–H groups in total. The van der Waals surface area contributed by atoms with Crippen LogP contribution in [0.25, 0.3) is 104 Å². The molecule has 0 bridgehead atoms. The molecule has 0 amide bonds. The van der Waals surface area contributed by atoms with Crippen LogP contribution >= 0.6 is 0 Å². The van der Waals surface area contributed by atoms with Gasteiger partial charge in [0.15, 0.2) is 0 Å². The summed E-state index contributed by atoms with van der Waals surface area (Å²) in [5.41, 5.74) is 11.2. The van der Waals surface area contributed by atoms with Crippen molar-refractivity contribution < 1.29 is 9.90 Å². The molecule has 0 aliphatic heterocycles. The van der Waals surface area contributed by atoms with E-state index in [2.05, 4.69) is 132 Å². The number of nitrogens with zero attached hydrogens (tertiary/aromatic N) is 2. The lowest BCUT2D eigenvalue weighted by atomic mass is 9.96. The Morgan fingerprint density at radius 1 is 0.385 bits per heavy atom. The molecule has 11 aromatic carbocycles. The minimum atomic E-state index is -0.152. The van der Waals surface area contributed by atoms with Crippen LogP contribution in [0.4, 0.5) is 17.1 Å². The maximum Gasteiger partial charge on any atom is 0.143 e. The monoisotopic (exact) mass is 832 g/mol. The minimum absolute atomic E-state index is 0.125. The normalized spacial score (nSPS) is 12.6. The van der Waals surface area contributed by atoms with Crippen molar-refractivity contribution in [1.29, 1.82) is 0 Å². The van der Waals surface area contributed by atoms with Crippen molar-refractivity contribution in [2.45, 2.75) is 0 Å². The Morgan fingerprint density at radius 3 is 1.80 bits per heavy atom. The molecule has 65 heavy (non-hydrogen) atoms. The van der Waals surface area contributed by atoms with Gasteiger partial charge in [-0.15, -0.1) is 0 Å². The van der Waals surface area contributed by atoms with E-state index in [0.717, 1.165) is 71.3 Å². The molecule has 0 unspecified atom stereocenters. The average Bonchev–Trinajstić information content (AvgIpc) is 3.96. The van der Waals surface area contributed by atoms with E-state index in [9.17, 15) is 5.48 Å². The molecule has 0 saturated carbocycles. The second-order valence-corrected chi connectivity index (χ2v) is 16.5. The molecule has 13 rings (SSSR count). The highest BCUT2D eigenvalue weighted by Crippen LogP contribution is 2.45. The van der Waals surface area contributed by atoms with Crippen molar-refractivity contribution in [3.8, 4) is 39.1 Å². The Kier molecular flexibility index (Phi) is 7.61. The highest BCUT2D eigenvalue weighted by Gasteiger charge is 2.21. The number of hydrogen-bond acceptors (Lipinski definition) is 2. The first kappa shape index (κ1) is 33.0. The maximum absolute atomic E-state index is 9.86. The van der Waals surface area contributed by atoms with E-state index >= 15 is 0 Å². The highest BCUT2D eigenvalue weighted by atomic mass is 16.3. The van der Waals surface area contributed by atoms with Gasteiger partial charge in [0.05, 0.1) is 27.6 Å². The fraction of sp³-hybridized carbons (Fsp3) is 0. The highest BCUT2D eigenvalue weighted by molar-refractivity contribution is 6.19. The SMILES string of the molecule is [2H]c1c([2H])c(N(c2ccc(-c3ccc(-c4cccc5ccccc45)cc3)cc2)c2cccc3oc4c5ccccc5ccc4c23)c([2H])c([2H])c1-c1ccc2c(c1)c1ccccc1n2-c1ccccc1. The zero-order valence-electron chi connectivity index (χ0n) is 39.1. The summed E-state index contributed by atoms with van der Waals surface area (Å²) < 4.78 is 48.0. The van der Waals surface area contributed by atoms with Gasteiger partial charge in [0.25, 0.3) is 0 Å². The van der Waals surface area contributed by atoms with Gasteiger partial charge in [-0.25, -0.2) is 0 Å². The third-order valence-electron chi connectivity index (χ3n) is 12.9. The van der Waals surface area contributed by atoms with Gasteiger partial charge in [0.2, 0.25) is 0 Å². The van der Waals surface area contributed by atoms with E-state index in [0.29, 0.717) is 22.5 Å². The summed E-state index contributed by atoms with van der Waals surface area (Å²) in [6.45, 7) is 0. The van der Waals surface area contributed by atoms with Crippen LogP contribution in [-0.2, 0) is 0 Å². The van der Waals surface area contributed by atoms with E-state index in [1.807, 2.05) is 95.9 Å². The number of aromatic nitrogens is 1. The van der Waals surface area contributed by atoms with Gasteiger partial charge in [0.1, 0.15) is 11.2 Å². The molecule has 304 valence electrons. The van der Waals surface area contributed by atoms with Gasteiger partial charge in [0, 0.05) is 38.6 Å². The molecule has 3 nitrogen and oxygen atoms in total. The largest absolute Gasteiger partial charge is 0.455 e. The van der Waals surface area contributed by atoms with Crippen LogP contribution in [-0.4, -0.2) is 4.57 Å². The van der Waals surface area contributed by atoms with Gasteiger partial charge in [-0.3, -0.25) is 0 Å². The smallest absolute Gasteiger partial charge is 0.143 e. The first-order valence-corrected chi connectivity index (χ1v) is 21.9. The third-order valence-corrected chi connectivity index (χ3v) is 12.9. The summed E-state index contributed by atoms with van der Waals surface area (Å²) in [5, 5.41) is 8.15. The zero-order chi connectivity index (χ0) is 46.3. The van der Waals surface area contributed by atoms with Crippen LogP contribution < -0.4 is 4.90 Å². The molecular formula is C62H40N2O. The molecule has 2 aromatic heterocycles. The number of furan rings is 1. The topological polar surface area (TPSA) is 21.3 Å². The molecule has 0 atom stereocenters. The summed E-state index contributed by atoms with van der Waals surface area (Å²) in [4.78, 5) is 1.88. The predicted molar refractivity (Wildman–Crippen MR) is 274 cm³/mol. The number of anilines is 3. The molecular weight excluding hydrogens is 789 g/mol. The Hall–Kier alpha value is -8.66. The second-order valence-electron chi connectivity index (χ2n) is 16.5. The zero-order valence-corrected chi connectivity index (χ0v) is 35.1. The summed E-state index contributed by atoms with van der Waals surface area (Å²) in [6.07, 6.45) is 0. The number of benzene rings is 11. The van der Waals surface area contributed by atoms with Crippen LogP contribution in [0.3, 0.4) is 0 Å². The standard InChI is InChI=1S/C62H40N2O/c1-2-15-48(16-3-1)64-57-21-9-8-19-54(57)56-40-47(33-39-58(56)64)43-30-36-50(37-31-43)63(59-22-11-23-60-61(59)55-38-32-45-13-5-7-18-53(45)62(55)65-60)49-34-28-42(29-35-49)41-24-26-46(27-25-41)52-20-10-14-44-12-4-6-17-51(44)52/h1-40H/i30D,31D,36D,37D. The third kappa shape index (κ3) is 6.12. The van der Waals surface area contributed by atoms with Crippen LogP contribution in [0.2, 0.25) is 0 Å². The van der Waals surface area contributed by atoms with Crippen LogP contribution in [0.15, 0.2) is 247 Å². The molecule has 3 heteroatoms. The lowest BCUT2D eigenvalue weighted by Crippen LogP contribution is -2.10. The van der Waals surface area contributed by atoms with Gasteiger partial charge >= 0.3 is 0 Å². The Bertz CT molecular complexity index is 4140. The van der Waals surface area contributed by atoms with Crippen molar-refractivity contribution in [2.24, 2.45) is 0 Å². The van der Waals surface area contributed by atoms with Crippen LogP contribution in [0.5, 0.6) is 0 Å². The fourth-order valence-electron chi connectivity index (χ4n) is 9.78. The molecule has 0 aliphatic carbocycles. The van der Waals surface area contributed by atoms with E-state index < -0.39 is 0 Å². The molecule has 0 radical (unpaired) electrons. The van der Waals surface area contributed by atoms with Crippen LogP contribution in [0.1, 0.15) is 5.48 Å². The molecule has 2 heterocycles. The van der Waals surface area contributed by atoms with E-state index in [-0.39, 0.29) is 35.4 Å². The van der Waals surface area contributed by atoms with Gasteiger partial charge in [-0.2, -0.15) is 0 Å². The lowest BCUT2D eigenvalue weighted by Gasteiger charge is -2.26. The van der Waals surface area contributed by atoms with Crippen molar-refractivity contribution in [3.05, 3.63) is 243 Å². The van der Waals surface area contributed by atoms with Crippen molar-refractivity contribution in [3.63, 3.8) is 0 Å². The second kappa shape index (κ2) is 15.0. The van der Waals surface area contributed by atoms with Gasteiger partial charge < -0.3 is 13.9 Å². The molecule has 0 aliphatic rings. The predicted octanol–water partition coefficient (Wildman–Crippen LogP) is 17.5. The summed E-state index contributed by atoms with van der Waals surface area (Å²) in [6, 6.07) is 73.6. The summed E-state index contributed by atoms with van der Waals surface area (Å²) >= 11 is 0. The Balaban J connectivity index is 0.973. The average molecular weight is 833 g/mol. The van der Waals surface area contributed by atoms with Crippen LogP contribution in [0, 0.1) is 0 Å². The number of rotatable bonds is 7. The number of hydrogen-bond donors (Lipinski definition) is 0. The van der Waals surface area contributed by atoms with E-state index in [1.54, 1.807) is 0 Å². The lowest BCUT2D eigenvalue weighted by molar-refractivity contribution is 0.672. The summed E-state index contributed by atoms with van der Waals surface area (Å²) in [7, 11) is 0. The fourth-order valence-corrected chi connectivity index (χ4v) is 9.78. The van der Waals surface area contributed by atoms with Gasteiger partial charge in [-0.1, -0.05) is 170 Å². The van der Waals surface area contributed by atoms with Crippen molar-refractivity contribution in [1.82, 2.24) is 4.57 Å². The molecule has 0 saturated heterocycles. The number of fused-ring (bicyclic) bond motifs is 9. The summed E-state index contributed by atoms with van der Waals surface area (Å²) in [5.74, 6) is 0. The van der Waals surface area contributed by atoms with Gasteiger partial charge in [-0.05, 0) is 122 Å². The molecule has 0 spiro atoms. The van der Waals surface area contributed by atoms with E-state index in [1.165, 1.54) is 16.3 Å². The maximum atomic E-state index is 9.86.